The number of rotatable bonds is 3. The van der Waals surface area contributed by atoms with Crippen molar-refractivity contribution in [3.05, 3.63) is 50.2 Å². The van der Waals surface area contributed by atoms with Crippen molar-refractivity contribution in [3.63, 3.8) is 0 Å². The summed E-state index contributed by atoms with van der Waals surface area (Å²) in [6.07, 6.45) is 3.69. The van der Waals surface area contributed by atoms with E-state index in [9.17, 15) is 4.79 Å². The van der Waals surface area contributed by atoms with Crippen LogP contribution in [0, 0.1) is 3.82 Å². The summed E-state index contributed by atoms with van der Waals surface area (Å²) in [6, 6.07) is 8.82. The summed E-state index contributed by atoms with van der Waals surface area (Å²) in [5.41, 5.74) is 1.01. The van der Waals surface area contributed by atoms with Crippen molar-refractivity contribution < 1.29 is 9.90 Å². The molecule has 0 atom stereocenters. The molecule has 0 saturated carbocycles. The number of carbonyl (C=O) groups is 1. The molecule has 17 heavy (non-hydrogen) atoms. The zero-order valence-electron chi connectivity index (χ0n) is 8.62. The van der Waals surface area contributed by atoms with E-state index in [2.05, 4.69) is 0 Å². The van der Waals surface area contributed by atoms with Crippen LogP contribution >= 0.6 is 32.9 Å². The smallest absolute Gasteiger partial charge is 0.336 e. The number of carboxylic acid groups (broad SMARTS) is 1. The van der Waals surface area contributed by atoms with Gasteiger partial charge < -0.3 is 5.11 Å². The van der Waals surface area contributed by atoms with Crippen LogP contribution in [0.15, 0.2) is 30.3 Å². The molecule has 0 bridgehead atoms. The number of hydrogen-bond donors (Lipinski definition) is 1. The third-order valence-corrected chi connectivity index (χ3v) is 4.96. The minimum absolute atomic E-state index is 0.308. The molecule has 1 aromatic heterocycles. The lowest BCUT2D eigenvalue weighted by molar-refractivity contribution is 0.0696. The molecule has 0 radical (unpaired) electrons. The number of aromatic carboxylic acids is 1. The molecule has 0 aliphatic rings. The highest BCUT2D eigenvalue weighted by molar-refractivity contribution is 7.79. The van der Waals surface area contributed by atoms with Gasteiger partial charge in [-0.3, -0.25) is 0 Å². The van der Waals surface area contributed by atoms with Crippen molar-refractivity contribution in [2.24, 2.45) is 0 Å². The molecular weight excluding hydrogens is 272 g/mol. The Morgan fingerprint density at radius 3 is 2.65 bits per heavy atom. The zero-order chi connectivity index (χ0) is 12.3. The van der Waals surface area contributed by atoms with Crippen LogP contribution in [0.2, 0.25) is 0 Å². The Hall–Kier alpha value is -1.30. The lowest BCUT2D eigenvalue weighted by Gasteiger charge is -1.99. The molecule has 86 valence electrons. The lowest BCUT2D eigenvalue weighted by atomic mass is 10.1. The highest BCUT2D eigenvalue weighted by atomic mass is 32.9. The second-order valence-corrected chi connectivity index (χ2v) is 6.20. The maximum atomic E-state index is 11.0. The van der Waals surface area contributed by atoms with Gasteiger partial charge in [-0.25, -0.2) is 4.79 Å². The minimum atomic E-state index is -0.914. The monoisotopic (exact) mass is 280 g/mol. The normalized spacial score (nSPS) is 10.8. The first kappa shape index (κ1) is 12.2. The van der Waals surface area contributed by atoms with Crippen molar-refractivity contribution in [2.75, 3.05) is 0 Å². The molecule has 2 rings (SSSR count). The van der Waals surface area contributed by atoms with Gasteiger partial charge in [0.2, 0.25) is 0 Å². The molecule has 1 heterocycles. The second-order valence-electron chi connectivity index (χ2n) is 3.26. The molecule has 0 aliphatic carbocycles. The molecule has 0 fully saturated rings. The Bertz CT molecular complexity index is 622. The number of hydrogen-bond acceptors (Lipinski definition) is 4. The van der Waals surface area contributed by atoms with Crippen LogP contribution < -0.4 is 0 Å². The van der Waals surface area contributed by atoms with Crippen LogP contribution in [-0.4, -0.2) is 11.1 Å². The molecule has 5 heteroatoms. The molecule has 2 aromatic rings. The first-order chi connectivity index (χ1) is 8.16. The van der Waals surface area contributed by atoms with Crippen LogP contribution in [0.25, 0.3) is 12.2 Å². The highest BCUT2D eigenvalue weighted by Crippen LogP contribution is 2.21. The maximum Gasteiger partial charge on any atom is 0.336 e. The van der Waals surface area contributed by atoms with Crippen molar-refractivity contribution in [1.82, 2.24) is 0 Å². The van der Waals surface area contributed by atoms with Gasteiger partial charge in [-0.2, -0.15) is 0 Å². The van der Waals surface area contributed by atoms with Crippen LogP contribution in [-0.2, 0) is 0 Å². The predicted octanol–water partition coefficient (Wildman–Crippen LogP) is 4.41. The molecular formula is C12H8O2S3. The zero-order valence-corrected chi connectivity index (χ0v) is 11.1. The van der Waals surface area contributed by atoms with Crippen molar-refractivity contribution in [1.29, 1.82) is 0 Å². The molecule has 0 unspecified atom stereocenters. The third-order valence-electron chi connectivity index (χ3n) is 2.10. The Balaban J connectivity index is 2.33. The van der Waals surface area contributed by atoms with Gasteiger partial charge in [0.25, 0.3) is 0 Å². The second kappa shape index (κ2) is 5.35. The fourth-order valence-corrected chi connectivity index (χ4v) is 3.55. The third kappa shape index (κ3) is 3.09. The Morgan fingerprint density at radius 2 is 2.00 bits per heavy atom. The van der Waals surface area contributed by atoms with E-state index in [1.807, 2.05) is 18.2 Å². The highest BCUT2D eigenvalue weighted by Gasteiger charge is 2.05. The van der Waals surface area contributed by atoms with Crippen molar-refractivity contribution in [3.8, 4) is 0 Å². The van der Waals surface area contributed by atoms with E-state index in [1.165, 1.54) is 10.3 Å². The number of benzene rings is 1. The van der Waals surface area contributed by atoms with E-state index in [0.29, 0.717) is 11.1 Å². The van der Waals surface area contributed by atoms with Gasteiger partial charge in [-0.15, -0.1) is 0 Å². The number of carboxylic acids is 1. The maximum absolute atomic E-state index is 11.0. The summed E-state index contributed by atoms with van der Waals surface area (Å²) >= 11 is 5.03. The lowest BCUT2D eigenvalue weighted by Crippen LogP contribution is -1.98. The Labute approximate surface area is 111 Å². The van der Waals surface area contributed by atoms with E-state index in [1.54, 1.807) is 34.6 Å². The van der Waals surface area contributed by atoms with Crippen molar-refractivity contribution >= 4 is 51.0 Å². The topological polar surface area (TPSA) is 37.3 Å². The standard InChI is InChI=1S/C12H8O2S3/c13-12(14)10-4-2-1-3-8(10)5-6-9-7-11(15)17-16-9/h1-7H,(H,13,14)/b6-5+. The van der Waals surface area contributed by atoms with Gasteiger partial charge in [0.05, 0.1) is 5.56 Å². The van der Waals surface area contributed by atoms with E-state index < -0.39 is 5.97 Å². The average molecular weight is 280 g/mol. The van der Waals surface area contributed by atoms with Gasteiger partial charge >= 0.3 is 5.97 Å². The average Bonchev–Trinajstić information content (AvgIpc) is 2.73. The Morgan fingerprint density at radius 1 is 1.24 bits per heavy atom. The predicted molar refractivity (Wildman–Crippen MR) is 75.4 cm³/mol. The van der Waals surface area contributed by atoms with Gasteiger partial charge in [0.15, 0.2) is 0 Å². The fourth-order valence-electron chi connectivity index (χ4n) is 1.34. The molecule has 0 spiro atoms. The summed E-state index contributed by atoms with van der Waals surface area (Å²) in [6.45, 7) is 0. The van der Waals surface area contributed by atoms with Crippen LogP contribution in [0.1, 0.15) is 20.8 Å². The Kier molecular flexibility index (Phi) is 3.83. The quantitative estimate of drug-likeness (QED) is 0.668. The van der Waals surface area contributed by atoms with E-state index in [0.717, 1.165) is 8.70 Å². The summed E-state index contributed by atoms with van der Waals surface area (Å²) in [5, 5.41) is 9.02. The van der Waals surface area contributed by atoms with Crippen LogP contribution in [0.3, 0.4) is 0 Å². The molecule has 2 nitrogen and oxygen atoms in total. The first-order valence-corrected chi connectivity index (χ1v) is 7.33. The van der Waals surface area contributed by atoms with E-state index >= 15 is 0 Å². The van der Waals surface area contributed by atoms with Crippen molar-refractivity contribution in [2.45, 2.75) is 0 Å². The van der Waals surface area contributed by atoms with Gasteiger partial charge in [-0.05, 0) is 23.8 Å². The van der Waals surface area contributed by atoms with Gasteiger partial charge in [0, 0.05) is 4.88 Å². The molecule has 1 N–H and O–H groups in total. The molecule has 0 amide bonds. The molecule has 0 aliphatic heterocycles. The summed E-state index contributed by atoms with van der Waals surface area (Å²) in [5.74, 6) is -0.914. The summed E-state index contributed by atoms with van der Waals surface area (Å²) in [4.78, 5) is 12.0. The van der Waals surface area contributed by atoms with Gasteiger partial charge in [-0.1, -0.05) is 57.2 Å². The van der Waals surface area contributed by atoms with Crippen LogP contribution in [0.4, 0.5) is 0 Å². The van der Waals surface area contributed by atoms with Gasteiger partial charge in [0.1, 0.15) is 3.82 Å². The van der Waals surface area contributed by atoms with Crippen LogP contribution in [0.5, 0.6) is 0 Å². The molecule has 0 saturated heterocycles. The SMILES string of the molecule is O=C(O)c1ccccc1/C=C/c1cc(=S)ss1. The fraction of sp³-hybridized carbons (Fsp3) is 0. The molecule has 1 aromatic carbocycles. The van der Waals surface area contributed by atoms with E-state index in [4.69, 9.17) is 17.3 Å². The van der Waals surface area contributed by atoms with E-state index in [-0.39, 0.29) is 0 Å². The first-order valence-electron chi connectivity index (χ1n) is 4.77. The summed E-state index contributed by atoms with van der Waals surface area (Å²) < 4.78 is 0.848. The summed E-state index contributed by atoms with van der Waals surface area (Å²) in [7, 11) is 3.13. The minimum Gasteiger partial charge on any atom is -0.478 e. The largest absolute Gasteiger partial charge is 0.478 e.